The fourth-order valence-corrected chi connectivity index (χ4v) is 4.83. The Kier molecular flexibility index (Phi) is 5.96. The molecular formula is C18H27N3O3S. The van der Waals surface area contributed by atoms with Crippen molar-refractivity contribution in [1.82, 2.24) is 9.62 Å². The second-order valence-corrected chi connectivity index (χ2v) is 8.67. The summed E-state index contributed by atoms with van der Waals surface area (Å²) in [5.74, 6) is 0. The van der Waals surface area contributed by atoms with Crippen LogP contribution in [0.5, 0.6) is 0 Å². The van der Waals surface area contributed by atoms with Gasteiger partial charge in [0.2, 0.25) is 10.0 Å². The molecule has 0 unspecified atom stereocenters. The Morgan fingerprint density at radius 1 is 0.920 bits per heavy atom. The minimum Gasteiger partial charge on any atom is -0.325 e. The molecule has 2 aliphatic rings. The molecule has 1 saturated heterocycles. The van der Waals surface area contributed by atoms with E-state index in [1.54, 1.807) is 24.3 Å². The largest absolute Gasteiger partial charge is 0.325 e. The molecule has 6 nitrogen and oxygen atoms in total. The summed E-state index contributed by atoms with van der Waals surface area (Å²) in [4.78, 5) is 14.4. The molecule has 1 heterocycles. The number of amides is 2. The molecule has 2 N–H and O–H groups in total. The molecule has 0 spiro atoms. The van der Waals surface area contributed by atoms with Gasteiger partial charge in [0, 0.05) is 24.8 Å². The number of carbonyl (C=O) groups is 1. The first-order valence-corrected chi connectivity index (χ1v) is 10.7. The molecule has 1 saturated carbocycles. The number of hydrogen-bond acceptors (Lipinski definition) is 3. The number of nitrogens with one attached hydrogen (secondary N) is 2. The second kappa shape index (κ2) is 8.19. The molecule has 1 aliphatic carbocycles. The monoisotopic (exact) mass is 365 g/mol. The lowest BCUT2D eigenvalue weighted by Gasteiger charge is -2.21. The summed E-state index contributed by atoms with van der Waals surface area (Å²) in [5, 5.41) is 2.86. The van der Waals surface area contributed by atoms with Crippen LogP contribution in [-0.4, -0.2) is 38.5 Å². The molecule has 1 aromatic carbocycles. The Bertz CT molecular complexity index is 674. The molecule has 138 valence electrons. The zero-order valence-electron chi connectivity index (χ0n) is 14.5. The highest BCUT2D eigenvalue weighted by Gasteiger charge is 2.23. The number of carbonyl (C=O) groups excluding carboxylic acids is 1. The normalized spacial score (nSPS) is 19.6. The number of nitrogens with zero attached hydrogens (tertiary/aromatic N) is 1. The lowest BCUT2D eigenvalue weighted by molar-refractivity contribution is 0.214. The van der Waals surface area contributed by atoms with E-state index in [2.05, 4.69) is 10.0 Å². The van der Waals surface area contributed by atoms with Gasteiger partial charge in [-0.2, -0.15) is 0 Å². The minimum absolute atomic E-state index is 0.0485. The van der Waals surface area contributed by atoms with E-state index in [9.17, 15) is 13.2 Å². The van der Waals surface area contributed by atoms with Gasteiger partial charge < -0.3 is 10.2 Å². The van der Waals surface area contributed by atoms with Crippen molar-refractivity contribution in [2.45, 2.75) is 62.3 Å². The third-order valence-corrected chi connectivity index (χ3v) is 6.52. The van der Waals surface area contributed by atoms with E-state index in [1.807, 2.05) is 4.90 Å². The van der Waals surface area contributed by atoms with Crippen LogP contribution in [0.4, 0.5) is 10.5 Å². The minimum atomic E-state index is -3.49. The van der Waals surface area contributed by atoms with Crippen molar-refractivity contribution < 1.29 is 13.2 Å². The van der Waals surface area contributed by atoms with Crippen LogP contribution in [0.25, 0.3) is 0 Å². The van der Waals surface area contributed by atoms with Gasteiger partial charge in [-0.15, -0.1) is 0 Å². The first-order valence-electron chi connectivity index (χ1n) is 9.23. The van der Waals surface area contributed by atoms with Crippen LogP contribution in [0.2, 0.25) is 0 Å². The van der Waals surface area contributed by atoms with Crippen LogP contribution in [0, 0.1) is 0 Å². The Labute approximate surface area is 150 Å². The number of likely N-dealkylation sites (tertiary alicyclic amines) is 1. The maximum Gasteiger partial charge on any atom is 0.321 e. The number of sulfonamides is 1. The first-order chi connectivity index (χ1) is 12.0. The molecule has 0 atom stereocenters. The predicted molar refractivity (Wildman–Crippen MR) is 98.1 cm³/mol. The molecule has 7 heteroatoms. The van der Waals surface area contributed by atoms with Gasteiger partial charge in [0.1, 0.15) is 0 Å². The van der Waals surface area contributed by atoms with Gasteiger partial charge in [0.15, 0.2) is 0 Å². The van der Waals surface area contributed by atoms with Crippen LogP contribution in [0.3, 0.4) is 0 Å². The van der Waals surface area contributed by atoms with E-state index >= 15 is 0 Å². The van der Waals surface area contributed by atoms with Crippen molar-refractivity contribution in [2.24, 2.45) is 0 Å². The maximum atomic E-state index is 12.4. The van der Waals surface area contributed by atoms with Crippen LogP contribution < -0.4 is 10.0 Å². The molecule has 2 fully saturated rings. The SMILES string of the molecule is O=C(Nc1ccc(S(=O)(=O)NC2CCCC2)cc1)N1CCCCCC1. The van der Waals surface area contributed by atoms with E-state index in [1.165, 1.54) is 12.8 Å². The topological polar surface area (TPSA) is 78.5 Å². The van der Waals surface area contributed by atoms with E-state index in [0.717, 1.165) is 51.6 Å². The summed E-state index contributed by atoms with van der Waals surface area (Å²) in [5.41, 5.74) is 0.620. The third kappa shape index (κ3) is 4.95. The smallest absolute Gasteiger partial charge is 0.321 e. The van der Waals surface area contributed by atoms with Gasteiger partial charge in [-0.1, -0.05) is 25.7 Å². The fraction of sp³-hybridized carbons (Fsp3) is 0.611. The molecule has 1 aromatic rings. The average molecular weight is 365 g/mol. The van der Waals surface area contributed by atoms with Gasteiger partial charge in [0.25, 0.3) is 0 Å². The predicted octanol–water partition coefficient (Wildman–Crippen LogP) is 3.32. The lowest BCUT2D eigenvalue weighted by Crippen LogP contribution is -2.35. The molecule has 25 heavy (non-hydrogen) atoms. The highest BCUT2D eigenvalue weighted by molar-refractivity contribution is 7.89. The van der Waals surface area contributed by atoms with Crippen molar-refractivity contribution in [1.29, 1.82) is 0 Å². The van der Waals surface area contributed by atoms with Gasteiger partial charge in [-0.25, -0.2) is 17.9 Å². The Morgan fingerprint density at radius 3 is 2.12 bits per heavy atom. The van der Waals surface area contributed by atoms with Gasteiger partial charge >= 0.3 is 6.03 Å². The van der Waals surface area contributed by atoms with E-state index in [4.69, 9.17) is 0 Å². The highest BCUT2D eigenvalue weighted by Crippen LogP contribution is 2.21. The third-order valence-electron chi connectivity index (χ3n) is 4.99. The number of hydrogen-bond donors (Lipinski definition) is 2. The van der Waals surface area contributed by atoms with E-state index < -0.39 is 10.0 Å². The zero-order valence-corrected chi connectivity index (χ0v) is 15.4. The summed E-state index contributed by atoms with van der Waals surface area (Å²) >= 11 is 0. The average Bonchev–Trinajstić information content (AvgIpc) is 2.94. The Morgan fingerprint density at radius 2 is 1.52 bits per heavy atom. The fourth-order valence-electron chi connectivity index (χ4n) is 3.52. The Balaban J connectivity index is 1.60. The molecule has 0 bridgehead atoms. The molecule has 2 amide bonds. The second-order valence-electron chi connectivity index (χ2n) is 6.96. The van der Waals surface area contributed by atoms with E-state index in [0.29, 0.717) is 5.69 Å². The van der Waals surface area contributed by atoms with Crippen LogP contribution in [-0.2, 0) is 10.0 Å². The number of anilines is 1. The standard InChI is InChI=1S/C18H27N3O3S/c22-18(21-13-5-1-2-6-14-21)19-15-9-11-17(12-10-15)25(23,24)20-16-7-3-4-8-16/h9-12,16,20H,1-8,13-14H2,(H,19,22). The molecule has 0 radical (unpaired) electrons. The van der Waals surface area contributed by atoms with Crippen LogP contribution >= 0.6 is 0 Å². The van der Waals surface area contributed by atoms with Gasteiger partial charge in [-0.05, 0) is 49.9 Å². The van der Waals surface area contributed by atoms with Crippen LogP contribution in [0.15, 0.2) is 29.2 Å². The molecular weight excluding hydrogens is 338 g/mol. The van der Waals surface area contributed by atoms with Crippen molar-refractivity contribution in [3.8, 4) is 0 Å². The Hall–Kier alpha value is -1.60. The highest BCUT2D eigenvalue weighted by atomic mass is 32.2. The maximum absolute atomic E-state index is 12.4. The van der Waals surface area contributed by atoms with Crippen molar-refractivity contribution >= 4 is 21.7 Å². The van der Waals surface area contributed by atoms with Gasteiger partial charge in [-0.3, -0.25) is 0 Å². The first kappa shape index (κ1) is 18.2. The lowest BCUT2D eigenvalue weighted by atomic mass is 10.2. The molecule has 1 aliphatic heterocycles. The molecule has 3 rings (SSSR count). The van der Waals surface area contributed by atoms with Crippen molar-refractivity contribution in [3.05, 3.63) is 24.3 Å². The number of urea groups is 1. The quantitative estimate of drug-likeness (QED) is 0.859. The zero-order chi connectivity index (χ0) is 17.7. The van der Waals surface area contributed by atoms with Crippen molar-refractivity contribution in [3.63, 3.8) is 0 Å². The summed E-state index contributed by atoms with van der Waals surface area (Å²) in [7, 11) is -3.49. The summed E-state index contributed by atoms with van der Waals surface area (Å²) < 4.78 is 27.6. The summed E-state index contributed by atoms with van der Waals surface area (Å²) in [6.45, 7) is 1.56. The number of rotatable bonds is 4. The molecule has 0 aromatic heterocycles. The van der Waals surface area contributed by atoms with Crippen LogP contribution in [0.1, 0.15) is 51.4 Å². The summed E-state index contributed by atoms with van der Waals surface area (Å²) in [6.07, 6.45) is 8.39. The van der Waals surface area contributed by atoms with Gasteiger partial charge in [0.05, 0.1) is 4.90 Å². The van der Waals surface area contributed by atoms with E-state index in [-0.39, 0.29) is 17.0 Å². The number of benzene rings is 1. The summed E-state index contributed by atoms with van der Waals surface area (Å²) in [6, 6.07) is 6.34. The van der Waals surface area contributed by atoms with Crippen molar-refractivity contribution in [2.75, 3.05) is 18.4 Å².